The Hall–Kier alpha value is -1.97. The van der Waals surface area contributed by atoms with E-state index in [2.05, 4.69) is 5.32 Å². The quantitative estimate of drug-likeness (QED) is 0.738. The van der Waals surface area contributed by atoms with Crippen molar-refractivity contribution >= 4 is 27.5 Å². The summed E-state index contributed by atoms with van der Waals surface area (Å²) in [5.74, 6) is -0.502. The molecule has 170 valence electrons. The molecule has 0 saturated carbocycles. The van der Waals surface area contributed by atoms with E-state index in [4.69, 9.17) is 4.74 Å². The monoisotopic (exact) mass is 449 g/mol. The second kappa shape index (κ2) is 8.88. The van der Waals surface area contributed by atoms with E-state index in [9.17, 15) is 18.0 Å². The third kappa shape index (κ3) is 4.49. The molecule has 2 saturated heterocycles. The van der Waals surface area contributed by atoms with Crippen LogP contribution in [0.25, 0.3) is 0 Å². The lowest BCUT2D eigenvalue weighted by atomic mass is 9.99. The third-order valence-electron chi connectivity index (χ3n) is 6.53. The van der Waals surface area contributed by atoms with Crippen LogP contribution in [0.1, 0.15) is 45.1 Å². The molecule has 0 spiro atoms. The molecule has 0 radical (unpaired) electrons. The molecule has 3 atom stereocenters. The second-order valence-corrected chi connectivity index (χ2v) is 10.8. The summed E-state index contributed by atoms with van der Waals surface area (Å²) in [5, 5.41) is 2.94. The van der Waals surface area contributed by atoms with Crippen molar-refractivity contribution in [1.82, 2.24) is 9.62 Å². The van der Waals surface area contributed by atoms with Crippen LogP contribution in [0.4, 0.5) is 5.69 Å². The van der Waals surface area contributed by atoms with E-state index in [1.54, 1.807) is 23.1 Å². The molecule has 0 aliphatic carbocycles. The number of carbonyl (C=O) groups is 2. The predicted molar refractivity (Wildman–Crippen MR) is 116 cm³/mol. The highest BCUT2D eigenvalue weighted by molar-refractivity contribution is 7.89. The van der Waals surface area contributed by atoms with Crippen LogP contribution in [0.3, 0.4) is 0 Å². The highest BCUT2D eigenvalue weighted by Crippen LogP contribution is 2.35. The molecule has 3 heterocycles. The SMILES string of the molecule is CC(=O)N1c2ccc(S(=O)(=O)N3CCCC(C(=O)NCC4CCCO4)C3)cc2CC1C. The van der Waals surface area contributed by atoms with Crippen LogP contribution < -0.4 is 10.2 Å². The molecule has 9 heteroatoms. The van der Waals surface area contributed by atoms with Crippen LogP contribution in [-0.4, -0.2) is 62.9 Å². The number of rotatable bonds is 5. The largest absolute Gasteiger partial charge is 0.376 e. The molecule has 1 N–H and O–H groups in total. The second-order valence-electron chi connectivity index (χ2n) is 8.82. The lowest BCUT2D eigenvalue weighted by Gasteiger charge is -2.31. The van der Waals surface area contributed by atoms with Crippen molar-refractivity contribution in [3.63, 3.8) is 0 Å². The Morgan fingerprint density at radius 3 is 2.74 bits per heavy atom. The van der Waals surface area contributed by atoms with Gasteiger partial charge in [0, 0.05) is 44.9 Å². The van der Waals surface area contributed by atoms with E-state index < -0.39 is 10.0 Å². The van der Waals surface area contributed by atoms with Gasteiger partial charge in [0.15, 0.2) is 0 Å². The summed E-state index contributed by atoms with van der Waals surface area (Å²) in [4.78, 5) is 26.5. The number of amides is 2. The minimum absolute atomic E-state index is 0.0114. The van der Waals surface area contributed by atoms with Gasteiger partial charge >= 0.3 is 0 Å². The fourth-order valence-electron chi connectivity index (χ4n) is 4.94. The van der Waals surface area contributed by atoms with E-state index in [1.165, 1.54) is 11.2 Å². The van der Waals surface area contributed by atoms with Gasteiger partial charge in [-0.25, -0.2) is 8.42 Å². The number of hydrogen-bond donors (Lipinski definition) is 1. The fourth-order valence-corrected chi connectivity index (χ4v) is 6.51. The topological polar surface area (TPSA) is 96.0 Å². The number of anilines is 1. The first-order valence-electron chi connectivity index (χ1n) is 11.1. The zero-order chi connectivity index (χ0) is 22.2. The summed E-state index contributed by atoms with van der Waals surface area (Å²) in [6.07, 6.45) is 3.99. The van der Waals surface area contributed by atoms with E-state index in [1.807, 2.05) is 6.92 Å². The number of nitrogens with zero attached hydrogens (tertiary/aromatic N) is 2. The minimum Gasteiger partial charge on any atom is -0.376 e. The van der Waals surface area contributed by atoms with Gasteiger partial charge < -0.3 is 15.0 Å². The van der Waals surface area contributed by atoms with E-state index in [0.29, 0.717) is 32.4 Å². The maximum Gasteiger partial charge on any atom is 0.243 e. The van der Waals surface area contributed by atoms with Crippen molar-refractivity contribution in [3.8, 4) is 0 Å². The molecule has 3 aliphatic rings. The smallest absolute Gasteiger partial charge is 0.243 e. The summed E-state index contributed by atoms with van der Waals surface area (Å²) < 4.78 is 33.6. The van der Waals surface area contributed by atoms with Crippen molar-refractivity contribution in [2.24, 2.45) is 5.92 Å². The number of hydrogen-bond acceptors (Lipinski definition) is 5. The van der Waals surface area contributed by atoms with Gasteiger partial charge in [-0.1, -0.05) is 0 Å². The molecule has 4 rings (SSSR count). The number of nitrogens with one attached hydrogen (secondary N) is 1. The van der Waals surface area contributed by atoms with Crippen molar-refractivity contribution in [2.45, 2.75) is 63.0 Å². The summed E-state index contributed by atoms with van der Waals surface area (Å²) in [6, 6.07) is 4.99. The zero-order valence-corrected chi connectivity index (χ0v) is 19.0. The van der Waals surface area contributed by atoms with Crippen LogP contribution >= 0.6 is 0 Å². The average molecular weight is 450 g/mol. The van der Waals surface area contributed by atoms with Gasteiger partial charge in [-0.3, -0.25) is 9.59 Å². The first-order valence-corrected chi connectivity index (χ1v) is 12.5. The Balaban J connectivity index is 1.45. The van der Waals surface area contributed by atoms with E-state index in [0.717, 1.165) is 30.7 Å². The standard InChI is InChI=1S/C22H31N3O5S/c1-15-11-18-12-20(7-8-21(18)25(15)16(2)26)31(28,29)24-9-3-5-17(14-24)22(27)23-13-19-6-4-10-30-19/h7-8,12,15,17,19H,3-6,9-11,13-14H2,1-2H3,(H,23,27). The molecule has 1 aromatic carbocycles. The van der Waals surface area contributed by atoms with Crippen LogP contribution in [0.5, 0.6) is 0 Å². The fraction of sp³-hybridized carbons (Fsp3) is 0.636. The number of benzene rings is 1. The Bertz CT molecular complexity index is 958. The number of ether oxygens (including phenoxy) is 1. The number of piperidine rings is 1. The van der Waals surface area contributed by atoms with Crippen LogP contribution in [-0.2, 0) is 30.8 Å². The van der Waals surface area contributed by atoms with Crippen LogP contribution in [0.2, 0.25) is 0 Å². The molecule has 2 fully saturated rings. The van der Waals surface area contributed by atoms with Crippen molar-refractivity contribution in [1.29, 1.82) is 0 Å². The highest BCUT2D eigenvalue weighted by Gasteiger charge is 2.35. The first-order chi connectivity index (χ1) is 14.8. The molecule has 2 amide bonds. The van der Waals surface area contributed by atoms with Gasteiger partial charge in [-0.2, -0.15) is 4.31 Å². The lowest BCUT2D eigenvalue weighted by molar-refractivity contribution is -0.126. The summed E-state index contributed by atoms with van der Waals surface area (Å²) in [5.41, 5.74) is 1.65. The molecular weight excluding hydrogens is 418 g/mol. The Morgan fingerprint density at radius 2 is 2.03 bits per heavy atom. The highest BCUT2D eigenvalue weighted by atomic mass is 32.2. The van der Waals surface area contributed by atoms with Crippen molar-refractivity contribution in [3.05, 3.63) is 23.8 Å². The maximum absolute atomic E-state index is 13.3. The van der Waals surface area contributed by atoms with Crippen molar-refractivity contribution < 1.29 is 22.7 Å². The van der Waals surface area contributed by atoms with Gasteiger partial charge in [-0.15, -0.1) is 0 Å². The number of carbonyl (C=O) groups excluding carboxylic acids is 2. The normalized spacial score (nSPS) is 26.6. The minimum atomic E-state index is -3.71. The van der Waals surface area contributed by atoms with Gasteiger partial charge in [-0.05, 0) is 62.8 Å². The van der Waals surface area contributed by atoms with Gasteiger partial charge in [0.05, 0.1) is 16.9 Å². The van der Waals surface area contributed by atoms with Crippen LogP contribution in [0, 0.1) is 5.92 Å². The molecule has 1 aromatic rings. The van der Waals surface area contributed by atoms with E-state index >= 15 is 0 Å². The molecule has 31 heavy (non-hydrogen) atoms. The molecule has 3 unspecified atom stereocenters. The number of sulfonamides is 1. The van der Waals surface area contributed by atoms with Gasteiger partial charge in [0.25, 0.3) is 0 Å². The van der Waals surface area contributed by atoms with E-state index in [-0.39, 0.29) is 41.3 Å². The molecule has 8 nitrogen and oxygen atoms in total. The van der Waals surface area contributed by atoms with Crippen LogP contribution in [0.15, 0.2) is 23.1 Å². The predicted octanol–water partition coefficient (Wildman–Crippen LogP) is 1.68. The summed E-state index contributed by atoms with van der Waals surface area (Å²) >= 11 is 0. The first kappa shape index (κ1) is 22.2. The van der Waals surface area contributed by atoms with Crippen molar-refractivity contribution in [2.75, 3.05) is 31.1 Å². The molecule has 3 aliphatic heterocycles. The third-order valence-corrected chi connectivity index (χ3v) is 8.39. The Morgan fingerprint density at radius 1 is 1.23 bits per heavy atom. The zero-order valence-electron chi connectivity index (χ0n) is 18.2. The van der Waals surface area contributed by atoms with Gasteiger partial charge in [0.1, 0.15) is 0 Å². The maximum atomic E-state index is 13.3. The summed E-state index contributed by atoms with van der Waals surface area (Å²) in [6.45, 7) is 5.29. The lowest BCUT2D eigenvalue weighted by Crippen LogP contribution is -2.46. The van der Waals surface area contributed by atoms with Gasteiger partial charge in [0.2, 0.25) is 21.8 Å². The molecule has 0 aromatic heterocycles. The Kier molecular flexibility index (Phi) is 6.37. The average Bonchev–Trinajstić information content (AvgIpc) is 3.38. The Labute approximate surface area is 184 Å². The molecular formula is C22H31N3O5S. The number of fused-ring (bicyclic) bond motifs is 1. The molecule has 0 bridgehead atoms. The summed E-state index contributed by atoms with van der Waals surface area (Å²) in [7, 11) is -3.71.